The van der Waals surface area contributed by atoms with E-state index < -0.39 is 5.97 Å². The standard InChI is InChI=1S/C12H19N3O3/c1-2-15-5-3-4-9(8-15)6-11-13-10(14-18-11)7-12(16)17/h9H,2-8H2,1H3,(H,16,17). The molecule has 1 N–H and O–H groups in total. The topological polar surface area (TPSA) is 79.5 Å². The highest BCUT2D eigenvalue weighted by atomic mass is 16.5. The smallest absolute Gasteiger partial charge is 0.311 e. The molecule has 1 aliphatic heterocycles. The van der Waals surface area contributed by atoms with E-state index in [0.29, 0.717) is 11.8 Å². The van der Waals surface area contributed by atoms with Crippen LogP contribution in [-0.4, -0.2) is 45.8 Å². The third-order valence-electron chi connectivity index (χ3n) is 3.33. The summed E-state index contributed by atoms with van der Waals surface area (Å²) >= 11 is 0. The molecule has 0 aromatic carbocycles. The van der Waals surface area contributed by atoms with Gasteiger partial charge in [-0.25, -0.2) is 0 Å². The molecule has 2 rings (SSSR count). The molecular formula is C12H19N3O3. The summed E-state index contributed by atoms with van der Waals surface area (Å²) in [7, 11) is 0. The van der Waals surface area contributed by atoms with Crippen LogP contribution in [0.15, 0.2) is 4.52 Å². The van der Waals surface area contributed by atoms with Gasteiger partial charge in [-0.2, -0.15) is 4.98 Å². The maximum atomic E-state index is 10.5. The molecule has 1 aromatic heterocycles. The Kier molecular flexibility index (Phi) is 4.30. The van der Waals surface area contributed by atoms with Crippen LogP contribution in [-0.2, 0) is 17.6 Å². The zero-order chi connectivity index (χ0) is 13.0. The summed E-state index contributed by atoms with van der Waals surface area (Å²) in [5.41, 5.74) is 0. The number of nitrogens with zero attached hydrogens (tertiary/aromatic N) is 3. The van der Waals surface area contributed by atoms with Crippen molar-refractivity contribution in [3.8, 4) is 0 Å². The molecule has 0 aliphatic carbocycles. The van der Waals surface area contributed by atoms with Crippen molar-refractivity contribution in [2.75, 3.05) is 19.6 Å². The highest BCUT2D eigenvalue weighted by Crippen LogP contribution is 2.19. The van der Waals surface area contributed by atoms with Crippen LogP contribution in [0.5, 0.6) is 0 Å². The number of rotatable bonds is 5. The molecule has 6 nitrogen and oxygen atoms in total. The minimum absolute atomic E-state index is 0.171. The van der Waals surface area contributed by atoms with Crippen molar-refractivity contribution in [3.05, 3.63) is 11.7 Å². The molecule has 2 heterocycles. The summed E-state index contributed by atoms with van der Waals surface area (Å²) < 4.78 is 5.09. The van der Waals surface area contributed by atoms with E-state index in [4.69, 9.17) is 9.63 Å². The Bertz CT molecular complexity index is 405. The Morgan fingerprint density at radius 3 is 3.17 bits per heavy atom. The Hall–Kier alpha value is -1.43. The van der Waals surface area contributed by atoms with E-state index in [9.17, 15) is 4.79 Å². The van der Waals surface area contributed by atoms with Crippen molar-refractivity contribution in [2.45, 2.75) is 32.6 Å². The second kappa shape index (κ2) is 5.95. The molecule has 100 valence electrons. The van der Waals surface area contributed by atoms with Gasteiger partial charge in [0.1, 0.15) is 6.42 Å². The van der Waals surface area contributed by atoms with Crippen LogP contribution in [0.2, 0.25) is 0 Å². The summed E-state index contributed by atoms with van der Waals surface area (Å²) in [6.07, 6.45) is 2.96. The lowest BCUT2D eigenvalue weighted by Gasteiger charge is -2.30. The molecule has 0 bridgehead atoms. The maximum absolute atomic E-state index is 10.5. The largest absolute Gasteiger partial charge is 0.481 e. The van der Waals surface area contributed by atoms with E-state index in [1.54, 1.807) is 0 Å². The summed E-state index contributed by atoms with van der Waals surface area (Å²) in [6.45, 7) is 5.47. The molecule has 1 unspecified atom stereocenters. The number of hydrogen-bond acceptors (Lipinski definition) is 5. The molecule has 1 fully saturated rings. The van der Waals surface area contributed by atoms with Crippen molar-refractivity contribution >= 4 is 5.97 Å². The highest BCUT2D eigenvalue weighted by molar-refractivity contribution is 5.68. The first kappa shape index (κ1) is 13.0. The fourth-order valence-electron chi connectivity index (χ4n) is 2.43. The second-order valence-electron chi connectivity index (χ2n) is 4.78. The number of likely N-dealkylation sites (tertiary alicyclic amines) is 1. The number of aromatic nitrogens is 2. The lowest BCUT2D eigenvalue weighted by atomic mass is 9.95. The van der Waals surface area contributed by atoms with Gasteiger partial charge in [0.05, 0.1) is 0 Å². The minimum atomic E-state index is -0.933. The molecule has 0 amide bonds. The second-order valence-corrected chi connectivity index (χ2v) is 4.78. The van der Waals surface area contributed by atoms with E-state index in [-0.39, 0.29) is 12.2 Å². The van der Waals surface area contributed by atoms with Crippen molar-refractivity contribution in [1.82, 2.24) is 15.0 Å². The normalized spacial score (nSPS) is 21.1. The predicted octanol–water partition coefficient (Wildman–Crippen LogP) is 0.971. The molecule has 1 aromatic rings. The number of aliphatic carboxylic acids is 1. The van der Waals surface area contributed by atoms with Crippen molar-refractivity contribution < 1.29 is 14.4 Å². The van der Waals surface area contributed by atoms with Gasteiger partial charge in [-0.15, -0.1) is 0 Å². The molecular weight excluding hydrogens is 234 g/mol. The van der Waals surface area contributed by atoms with Gasteiger partial charge < -0.3 is 14.5 Å². The van der Waals surface area contributed by atoms with E-state index in [1.807, 2.05) is 0 Å². The molecule has 0 spiro atoms. The van der Waals surface area contributed by atoms with Crippen LogP contribution in [0.3, 0.4) is 0 Å². The van der Waals surface area contributed by atoms with Gasteiger partial charge in [-0.1, -0.05) is 12.1 Å². The molecule has 1 saturated heterocycles. The average molecular weight is 253 g/mol. The van der Waals surface area contributed by atoms with Crippen molar-refractivity contribution in [3.63, 3.8) is 0 Å². The van der Waals surface area contributed by atoms with E-state index in [2.05, 4.69) is 22.0 Å². The highest BCUT2D eigenvalue weighted by Gasteiger charge is 2.21. The fourth-order valence-corrected chi connectivity index (χ4v) is 2.43. The van der Waals surface area contributed by atoms with E-state index in [1.165, 1.54) is 19.4 Å². The van der Waals surface area contributed by atoms with Gasteiger partial charge in [-0.3, -0.25) is 4.79 Å². The number of hydrogen-bond donors (Lipinski definition) is 1. The Morgan fingerprint density at radius 1 is 1.61 bits per heavy atom. The van der Waals surface area contributed by atoms with Gasteiger partial charge in [0.15, 0.2) is 5.82 Å². The Balaban J connectivity index is 1.88. The van der Waals surface area contributed by atoms with Crippen molar-refractivity contribution in [1.29, 1.82) is 0 Å². The van der Waals surface area contributed by atoms with E-state index >= 15 is 0 Å². The summed E-state index contributed by atoms with van der Waals surface area (Å²) in [6, 6.07) is 0. The summed E-state index contributed by atoms with van der Waals surface area (Å²) in [5.74, 6) is 0.434. The first-order valence-electron chi connectivity index (χ1n) is 6.43. The Morgan fingerprint density at radius 2 is 2.44 bits per heavy atom. The first-order valence-corrected chi connectivity index (χ1v) is 6.43. The van der Waals surface area contributed by atoms with Gasteiger partial charge in [0.2, 0.25) is 5.89 Å². The van der Waals surface area contributed by atoms with Crippen LogP contribution >= 0.6 is 0 Å². The first-order chi connectivity index (χ1) is 8.67. The zero-order valence-corrected chi connectivity index (χ0v) is 10.6. The van der Waals surface area contributed by atoms with Crippen molar-refractivity contribution in [2.24, 2.45) is 5.92 Å². The van der Waals surface area contributed by atoms with Crippen LogP contribution in [0.4, 0.5) is 0 Å². The third-order valence-corrected chi connectivity index (χ3v) is 3.33. The van der Waals surface area contributed by atoms with Crippen LogP contribution in [0, 0.1) is 5.92 Å². The van der Waals surface area contributed by atoms with Gasteiger partial charge in [0.25, 0.3) is 0 Å². The minimum Gasteiger partial charge on any atom is -0.481 e. The van der Waals surface area contributed by atoms with Gasteiger partial charge in [0, 0.05) is 13.0 Å². The maximum Gasteiger partial charge on any atom is 0.311 e. The number of piperidine rings is 1. The molecule has 0 radical (unpaired) electrons. The fraction of sp³-hybridized carbons (Fsp3) is 0.750. The van der Waals surface area contributed by atoms with Crippen LogP contribution < -0.4 is 0 Å². The Labute approximate surface area is 106 Å². The zero-order valence-electron chi connectivity index (χ0n) is 10.6. The monoisotopic (exact) mass is 253 g/mol. The summed E-state index contributed by atoms with van der Waals surface area (Å²) in [4.78, 5) is 17.1. The number of carboxylic acid groups (broad SMARTS) is 1. The van der Waals surface area contributed by atoms with Crippen LogP contribution in [0.1, 0.15) is 31.5 Å². The molecule has 18 heavy (non-hydrogen) atoms. The van der Waals surface area contributed by atoms with E-state index in [0.717, 1.165) is 19.5 Å². The predicted molar refractivity (Wildman–Crippen MR) is 64.2 cm³/mol. The molecule has 1 aliphatic rings. The SMILES string of the molecule is CCN1CCCC(Cc2nc(CC(=O)O)no2)C1. The lowest BCUT2D eigenvalue weighted by Crippen LogP contribution is -2.35. The summed E-state index contributed by atoms with van der Waals surface area (Å²) in [5, 5.41) is 12.3. The van der Waals surface area contributed by atoms with Gasteiger partial charge >= 0.3 is 5.97 Å². The quantitative estimate of drug-likeness (QED) is 0.842. The molecule has 1 atom stereocenters. The average Bonchev–Trinajstić information content (AvgIpc) is 2.76. The number of carboxylic acids is 1. The number of carbonyl (C=O) groups is 1. The van der Waals surface area contributed by atoms with Crippen LogP contribution in [0.25, 0.3) is 0 Å². The molecule has 6 heteroatoms. The third kappa shape index (κ3) is 3.53. The molecule has 0 saturated carbocycles. The lowest BCUT2D eigenvalue weighted by molar-refractivity contribution is -0.136. The van der Waals surface area contributed by atoms with Gasteiger partial charge in [-0.05, 0) is 31.8 Å².